The van der Waals surface area contributed by atoms with Crippen molar-refractivity contribution in [2.45, 2.75) is 19.8 Å². The predicted octanol–water partition coefficient (Wildman–Crippen LogP) is 1.22. The maximum Gasteiger partial charge on any atom is 0.243 e. The Bertz CT molecular complexity index is 153. The minimum absolute atomic E-state index is 0.0171. The molecule has 3 nitrogen and oxygen atoms in total. The van der Waals surface area contributed by atoms with Crippen LogP contribution in [0.1, 0.15) is 19.8 Å². The molecule has 0 aliphatic rings. The van der Waals surface area contributed by atoms with Crippen molar-refractivity contribution in [3.8, 4) is 0 Å². The van der Waals surface area contributed by atoms with E-state index in [1.165, 1.54) is 13.1 Å². The summed E-state index contributed by atoms with van der Waals surface area (Å²) in [5.74, 6) is -0.0171. The third kappa shape index (κ3) is 13.8. The van der Waals surface area contributed by atoms with E-state index in [1.807, 2.05) is 13.0 Å². The van der Waals surface area contributed by atoms with Crippen LogP contribution in [0.15, 0.2) is 24.8 Å². The summed E-state index contributed by atoms with van der Waals surface area (Å²) >= 11 is 0. The van der Waals surface area contributed by atoms with Crippen molar-refractivity contribution in [2.75, 3.05) is 13.6 Å². The van der Waals surface area contributed by atoms with Gasteiger partial charge in [0.2, 0.25) is 5.91 Å². The van der Waals surface area contributed by atoms with Crippen molar-refractivity contribution in [1.29, 1.82) is 0 Å². The van der Waals surface area contributed by atoms with E-state index in [9.17, 15) is 4.79 Å². The van der Waals surface area contributed by atoms with Crippen molar-refractivity contribution in [3.63, 3.8) is 0 Å². The van der Waals surface area contributed by atoms with E-state index in [4.69, 9.17) is 0 Å². The molecule has 0 aliphatic carbocycles. The number of nitrogens with two attached hydrogens (primary N) is 1. The molecule has 0 atom stereocenters. The van der Waals surface area contributed by atoms with Gasteiger partial charge in [-0.05, 0) is 32.9 Å². The van der Waals surface area contributed by atoms with Crippen LogP contribution in [0.4, 0.5) is 0 Å². The van der Waals surface area contributed by atoms with Crippen molar-refractivity contribution in [2.24, 2.45) is 5.73 Å². The molecule has 0 spiro atoms. The van der Waals surface area contributed by atoms with E-state index in [1.54, 1.807) is 6.08 Å². The lowest BCUT2D eigenvalue weighted by molar-refractivity contribution is -0.116. The molecule has 0 unspecified atom stereocenters. The molecule has 0 aromatic heterocycles. The van der Waals surface area contributed by atoms with Crippen LogP contribution < -0.4 is 11.1 Å². The maximum absolute atomic E-state index is 10.8. The van der Waals surface area contributed by atoms with Crippen molar-refractivity contribution in [1.82, 2.24) is 5.32 Å². The molecule has 0 aliphatic heterocycles. The molecule has 3 N–H and O–H groups in total. The van der Waals surface area contributed by atoms with Gasteiger partial charge in [0.05, 0.1) is 0 Å². The Labute approximate surface area is 80.7 Å². The first-order chi connectivity index (χ1) is 6.31. The van der Waals surface area contributed by atoms with Gasteiger partial charge in [-0.15, -0.1) is 6.58 Å². The van der Waals surface area contributed by atoms with Crippen LogP contribution in [-0.4, -0.2) is 19.5 Å². The van der Waals surface area contributed by atoms with Gasteiger partial charge in [-0.1, -0.05) is 12.2 Å². The van der Waals surface area contributed by atoms with E-state index in [0.717, 1.165) is 19.4 Å². The highest BCUT2D eigenvalue weighted by Gasteiger charge is 1.90. The number of unbranched alkanes of at least 4 members (excludes halogenated alkanes) is 1. The Balaban J connectivity index is 0. The molecule has 1 amide bonds. The van der Waals surface area contributed by atoms with Gasteiger partial charge < -0.3 is 11.1 Å². The lowest BCUT2D eigenvalue weighted by Gasteiger charge is -1.98. The molecule has 0 aromatic rings. The molecule has 0 fully saturated rings. The zero-order valence-corrected chi connectivity index (χ0v) is 8.55. The van der Waals surface area contributed by atoms with Gasteiger partial charge in [0.15, 0.2) is 0 Å². The van der Waals surface area contributed by atoms with Gasteiger partial charge in [-0.3, -0.25) is 4.79 Å². The van der Waals surface area contributed by atoms with Crippen LogP contribution in [0.25, 0.3) is 0 Å². The third-order valence-electron chi connectivity index (χ3n) is 1.20. The molecule has 0 aromatic carbocycles. The molecule has 13 heavy (non-hydrogen) atoms. The average Bonchev–Trinajstić information content (AvgIpc) is 2.16. The molecule has 3 heteroatoms. The lowest BCUT2D eigenvalue weighted by Crippen LogP contribution is -2.21. The van der Waals surface area contributed by atoms with Crippen LogP contribution in [0.5, 0.6) is 0 Å². The summed E-state index contributed by atoms with van der Waals surface area (Å²) in [7, 11) is 1.50. The SMILES string of the molecule is C=CCCCNC(=O)/C=C/C.CN. The van der Waals surface area contributed by atoms with Crippen molar-refractivity contribution in [3.05, 3.63) is 24.8 Å². The summed E-state index contributed by atoms with van der Waals surface area (Å²) in [6.45, 7) is 6.14. The largest absolute Gasteiger partial charge is 0.353 e. The second-order valence-electron chi connectivity index (χ2n) is 2.22. The van der Waals surface area contributed by atoms with Crippen molar-refractivity contribution >= 4 is 5.91 Å². The normalized spacial score (nSPS) is 8.85. The molecular weight excluding hydrogens is 164 g/mol. The van der Waals surface area contributed by atoms with Gasteiger partial charge in [0.1, 0.15) is 0 Å². The molecular formula is C10H20N2O. The fraction of sp³-hybridized carbons (Fsp3) is 0.500. The number of allylic oxidation sites excluding steroid dienone is 2. The second-order valence-corrected chi connectivity index (χ2v) is 2.22. The van der Waals surface area contributed by atoms with Crippen LogP contribution in [-0.2, 0) is 4.79 Å². The van der Waals surface area contributed by atoms with Crippen LogP contribution in [0.3, 0.4) is 0 Å². The molecule has 0 saturated carbocycles. The molecule has 76 valence electrons. The first-order valence-electron chi connectivity index (χ1n) is 4.40. The number of carbonyl (C=O) groups is 1. The Kier molecular flexibility index (Phi) is 15.0. The Morgan fingerprint density at radius 1 is 1.54 bits per heavy atom. The van der Waals surface area contributed by atoms with E-state index >= 15 is 0 Å². The average molecular weight is 184 g/mol. The van der Waals surface area contributed by atoms with Gasteiger partial charge in [0.25, 0.3) is 0 Å². The third-order valence-corrected chi connectivity index (χ3v) is 1.20. The summed E-state index contributed by atoms with van der Waals surface area (Å²) in [6.07, 6.45) is 7.02. The lowest BCUT2D eigenvalue weighted by atomic mass is 10.3. The Hall–Kier alpha value is -1.09. The van der Waals surface area contributed by atoms with Gasteiger partial charge >= 0.3 is 0 Å². The first kappa shape index (κ1) is 14.4. The highest BCUT2D eigenvalue weighted by atomic mass is 16.1. The monoisotopic (exact) mass is 184 g/mol. The number of rotatable bonds is 5. The van der Waals surface area contributed by atoms with Gasteiger partial charge in [-0.25, -0.2) is 0 Å². The molecule has 0 radical (unpaired) electrons. The molecule has 0 saturated heterocycles. The smallest absolute Gasteiger partial charge is 0.243 e. The van der Waals surface area contributed by atoms with E-state index < -0.39 is 0 Å². The highest BCUT2D eigenvalue weighted by molar-refractivity contribution is 5.87. The highest BCUT2D eigenvalue weighted by Crippen LogP contribution is 1.85. The summed E-state index contributed by atoms with van der Waals surface area (Å²) < 4.78 is 0. The number of nitrogens with one attached hydrogen (secondary N) is 1. The van der Waals surface area contributed by atoms with Crippen LogP contribution >= 0.6 is 0 Å². The molecule has 0 bridgehead atoms. The van der Waals surface area contributed by atoms with E-state index in [2.05, 4.69) is 17.6 Å². The van der Waals surface area contributed by atoms with Crippen molar-refractivity contribution < 1.29 is 4.79 Å². The minimum Gasteiger partial charge on any atom is -0.353 e. The number of amides is 1. The zero-order chi connectivity index (χ0) is 10.5. The topological polar surface area (TPSA) is 55.1 Å². The molecule has 0 rings (SSSR count). The summed E-state index contributed by atoms with van der Waals surface area (Å²) in [5, 5.41) is 2.74. The number of hydrogen-bond acceptors (Lipinski definition) is 2. The number of carbonyl (C=O) groups excluding carboxylic acids is 1. The van der Waals surface area contributed by atoms with Crippen LogP contribution in [0.2, 0.25) is 0 Å². The van der Waals surface area contributed by atoms with Gasteiger partial charge in [-0.2, -0.15) is 0 Å². The van der Waals surface area contributed by atoms with Crippen LogP contribution in [0, 0.1) is 0 Å². The van der Waals surface area contributed by atoms with Gasteiger partial charge in [0, 0.05) is 6.54 Å². The Morgan fingerprint density at radius 2 is 2.15 bits per heavy atom. The van der Waals surface area contributed by atoms with E-state index in [-0.39, 0.29) is 5.91 Å². The predicted molar refractivity (Wildman–Crippen MR) is 57.4 cm³/mol. The second kappa shape index (κ2) is 13.5. The van der Waals surface area contributed by atoms with E-state index in [0.29, 0.717) is 0 Å². The first-order valence-corrected chi connectivity index (χ1v) is 4.40. The quantitative estimate of drug-likeness (QED) is 0.383. The molecule has 0 heterocycles. The Morgan fingerprint density at radius 3 is 2.62 bits per heavy atom. The standard InChI is InChI=1S/C9H15NO.CH5N/c1-3-5-6-8-10-9(11)7-4-2;1-2/h3-4,7H,1,5-6,8H2,2H3,(H,10,11);2H2,1H3/b7-4+;. The summed E-state index contributed by atoms with van der Waals surface area (Å²) in [5.41, 5.74) is 4.50. The fourth-order valence-electron chi connectivity index (χ4n) is 0.668. The maximum atomic E-state index is 10.8. The summed E-state index contributed by atoms with van der Waals surface area (Å²) in [4.78, 5) is 10.8. The summed E-state index contributed by atoms with van der Waals surface area (Å²) in [6, 6.07) is 0. The zero-order valence-electron chi connectivity index (χ0n) is 8.55. The number of hydrogen-bond donors (Lipinski definition) is 2. The fourth-order valence-corrected chi connectivity index (χ4v) is 0.668. The minimum atomic E-state index is -0.0171.